The number of unbranched alkanes of at least 4 members (excludes halogenated alkanes) is 2. The SMILES string of the molecule is CCCCCNC(=O)Nc1ccccc1C(CC=S=O)CCn1cnc(-c2ccccc2)c1C. The van der Waals surface area contributed by atoms with Crippen molar-refractivity contribution in [1.82, 2.24) is 14.9 Å². The minimum atomic E-state index is -0.192. The van der Waals surface area contributed by atoms with Crippen LogP contribution < -0.4 is 10.6 Å². The van der Waals surface area contributed by atoms with E-state index in [2.05, 4.69) is 46.2 Å². The van der Waals surface area contributed by atoms with Crippen molar-refractivity contribution in [3.63, 3.8) is 0 Å². The van der Waals surface area contributed by atoms with Gasteiger partial charge in [-0.15, -0.1) is 0 Å². The zero-order valence-corrected chi connectivity index (χ0v) is 20.8. The van der Waals surface area contributed by atoms with Crippen LogP contribution in [-0.2, 0) is 17.8 Å². The van der Waals surface area contributed by atoms with Gasteiger partial charge in [0.1, 0.15) is 0 Å². The van der Waals surface area contributed by atoms with Crippen LogP contribution in [0.1, 0.15) is 56.2 Å². The van der Waals surface area contributed by atoms with Crippen molar-refractivity contribution in [3.05, 3.63) is 72.2 Å². The summed E-state index contributed by atoms with van der Waals surface area (Å²) < 4.78 is 13.3. The van der Waals surface area contributed by atoms with Gasteiger partial charge in [0.15, 0.2) is 0 Å². The molecule has 0 aliphatic carbocycles. The summed E-state index contributed by atoms with van der Waals surface area (Å²) in [4.78, 5) is 17.1. The molecule has 0 aliphatic heterocycles. The molecule has 0 spiro atoms. The Hall–Kier alpha value is -3.19. The monoisotopic (exact) mass is 478 g/mol. The molecule has 180 valence electrons. The Bertz CT molecular complexity index is 1110. The third-order valence-corrected chi connectivity index (χ3v) is 6.36. The van der Waals surface area contributed by atoms with E-state index < -0.39 is 0 Å². The number of imidazole rings is 1. The summed E-state index contributed by atoms with van der Waals surface area (Å²) in [5, 5.41) is 7.64. The number of para-hydroxylation sites is 1. The summed E-state index contributed by atoms with van der Waals surface area (Å²) in [6.45, 7) is 5.66. The highest BCUT2D eigenvalue weighted by Gasteiger charge is 2.17. The van der Waals surface area contributed by atoms with Crippen LogP contribution in [0.3, 0.4) is 0 Å². The van der Waals surface area contributed by atoms with E-state index in [4.69, 9.17) is 0 Å². The molecule has 2 N–H and O–H groups in total. The number of nitrogens with zero attached hydrogens (tertiary/aromatic N) is 2. The van der Waals surface area contributed by atoms with Crippen molar-refractivity contribution in [2.75, 3.05) is 11.9 Å². The lowest BCUT2D eigenvalue weighted by molar-refractivity contribution is 0.252. The third-order valence-electron chi connectivity index (χ3n) is 6.03. The minimum absolute atomic E-state index is 0.0972. The number of hydrogen-bond acceptors (Lipinski definition) is 3. The normalized spacial score (nSPS) is 11.6. The van der Waals surface area contributed by atoms with Crippen LogP contribution in [0.2, 0.25) is 0 Å². The highest BCUT2D eigenvalue weighted by Crippen LogP contribution is 2.31. The zero-order valence-electron chi connectivity index (χ0n) is 20.0. The van der Waals surface area contributed by atoms with Crippen LogP contribution in [0.4, 0.5) is 10.5 Å². The first kappa shape index (κ1) is 25.4. The van der Waals surface area contributed by atoms with Crippen molar-refractivity contribution >= 4 is 28.3 Å². The number of anilines is 1. The lowest BCUT2D eigenvalue weighted by Crippen LogP contribution is -2.30. The number of carbonyl (C=O) groups is 1. The summed E-state index contributed by atoms with van der Waals surface area (Å²) in [6, 6.07) is 17.8. The third kappa shape index (κ3) is 7.15. The number of hydrogen-bond donors (Lipinski definition) is 2. The molecule has 1 heterocycles. The first-order valence-corrected chi connectivity index (χ1v) is 12.8. The van der Waals surface area contributed by atoms with E-state index in [9.17, 15) is 9.00 Å². The molecule has 1 aromatic heterocycles. The molecular formula is C27H34N4O2S. The van der Waals surface area contributed by atoms with E-state index in [0.29, 0.717) is 24.2 Å². The quantitative estimate of drug-likeness (QED) is 0.257. The van der Waals surface area contributed by atoms with Gasteiger partial charge in [0.05, 0.1) is 23.3 Å². The number of aryl methyl sites for hydroxylation is 1. The van der Waals surface area contributed by atoms with Crippen molar-refractivity contribution in [2.45, 2.75) is 58.4 Å². The molecular weight excluding hydrogens is 444 g/mol. The van der Waals surface area contributed by atoms with Gasteiger partial charge >= 0.3 is 6.03 Å². The lowest BCUT2D eigenvalue weighted by Gasteiger charge is -2.20. The molecule has 2 amide bonds. The average molecular weight is 479 g/mol. The zero-order chi connectivity index (χ0) is 24.2. The van der Waals surface area contributed by atoms with Crippen LogP contribution in [-0.4, -0.2) is 31.7 Å². The Morgan fingerprint density at radius 3 is 2.65 bits per heavy atom. The highest BCUT2D eigenvalue weighted by molar-refractivity contribution is 7.64. The van der Waals surface area contributed by atoms with Gasteiger partial charge in [-0.1, -0.05) is 68.3 Å². The van der Waals surface area contributed by atoms with Crippen LogP contribution in [0.5, 0.6) is 0 Å². The van der Waals surface area contributed by atoms with Gasteiger partial charge in [-0.05, 0) is 43.7 Å². The highest BCUT2D eigenvalue weighted by atomic mass is 32.1. The Kier molecular flexibility index (Phi) is 10.1. The molecule has 34 heavy (non-hydrogen) atoms. The number of amides is 2. The number of rotatable bonds is 12. The fraction of sp³-hybridized carbons (Fsp3) is 0.370. The van der Waals surface area contributed by atoms with Gasteiger partial charge in [0.25, 0.3) is 0 Å². The van der Waals surface area contributed by atoms with E-state index in [1.54, 1.807) is 5.37 Å². The molecule has 0 saturated carbocycles. The summed E-state index contributed by atoms with van der Waals surface area (Å²) in [7, 11) is 0. The van der Waals surface area contributed by atoms with Gasteiger partial charge in [-0.2, -0.15) is 0 Å². The molecule has 0 fully saturated rings. The van der Waals surface area contributed by atoms with Gasteiger partial charge in [0.2, 0.25) is 0 Å². The Morgan fingerprint density at radius 1 is 1.12 bits per heavy atom. The van der Waals surface area contributed by atoms with Crippen LogP contribution in [0.25, 0.3) is 11.3 Å². The topological polar surface area (TPSA) is 76.0 Å². The number of nitrogens with one attached hydrogen (secondary N) is 2. The molecule has 6 nitrogen and oxygen atoms in total. The molecule has 3 rings (SSSR count). The molecule has 7 heteroatoms. The number of carbonyl (C=O) groups excluding carboxylic acids is 1. The second-order valence-corrected chi connectivity index (χ2v) is 8.92. The lowest BCUT2D eigenvalue weighted by atomic mass is 9.91. The predicted molar refractivity (Wildman–Crippen MR) is 142 cm³/mol. The van der Waals surface area contributed by atoms with Crippen LogP contribution >= 0.6 is 0 Å². The van der Waals surface area contributed by atoms with E-state index in [-0.39, 0.29) is 11.9 Å². The van der Waals surface area contributed by atoms with Crippen molar-refractivity contribution in [1.29, 1.82) is 0 Å². The molecule has 1 unspecified atom stereocenters. The van der Waals surface area contributed by atoms with Crippen molar-refractivity contribution < 1.29 is 9.00 Å². The summed E-state index contributed by atoms with van der Waals surface area (Å²) >= 11 is 0.492. The molecule has 3 aromatic rings. The predicted octanol–water partition coefficient (Wildman–Crippen LogP) is 5.75. The fourth-order valence-electron chi connectivity index (χ4n) is 4.11. The molecule has 1 atom stereocenters. The van der Waals surface area contributed by atoms with Gasteiger partial charge in [0, 0.05) is 35.4 Å². The average Bonchev–Trinajstić information content (AvgIpc) is 3.23. The summed E-state index contributed by atoms with van der Waals surface area (Å²) in [6.07, 6.45) is 6.52. The number of benzene rings is 2. The van der Waals surface area contributed by atoms with E-state index in [1.165, 1.54) is 0 Å². The van der Waals surface area contributed by atoms with Gasteiger partial charge in [-0.3, -0.25) is 0 Å². The first-order valence-electron chi connectivity index (χ1n) is 11.9. The maximum atomic E-state index is 12.4. The van der Waals surface area contributed by atoms with Crippen LogP contribution in [0.15, 0.2) is 60.9 Å². The first-order chi connectivity index (χ1) is 16.6. The molecule has 0 bridgehead atoms. The largest absolute Gasteiger partial charge is 0.338 e. The van der Waals surface area contributed by atoms with Crippen LogP contribution in [0, 0.1) is 6.92 Å². The maximum absolute atomic E-state index is 12.4. The second kappa shape index (κ2) is 13.5. The summed E-state index contributed by atoms with van der Waals surface area (Å²) in [5.41, 5.74) is 5.03. The maximum Gasteiger partial charge on any atom is 0.319 e. The second-order valence-electron chi connectivity index (χ2n) is 8.40. The molecule has 0 radical (unpaired) electrons. The Labute approximate surface area is 205 Å². The number of urea groups is 1. The fourth-order valence-corrected chi connectivity index (χ4v) is 4.42. The van der Waals surface area contributed by atoms with Crippen molar-refractivity contribution in [3.8, 4) is 11.3 Å². The van der Waals surface area contributed by atoms with Crippen molar-refractivity contribution in [2.24, 2.45) is 0 Å². The van der Waals surface area contributed by atoms with Gasteiger partial charge in [-0.25, -0.2) is 14.0 Å². The van der Waals surface area contributed by atoms with E-state index in [0.717, 1.165) is 60.4 Å². The summed E-state index contributed by atoms with van der Waals surface area (Å²) in [5.74, 6) is 0.0972. The van der Waals surface area contributed by atoms with E-state index >= 15 is 0 Å². The smallest absolute Gasteiger partial charge is 0.319 e. The van der Waals surface area contributed by atoms with Gasteiger partial charge < -0.3 is 15.2 Å². The van der Waals surface area contributed by atoms with E-state index in [1.807, 2.05) is 48.8 Å². The Balaban J connectivity index is 1.73. The number of aromatic nitrogens is 2. The standard InChI is InChI=1S/C27H34N4O2S/c1-3-4-10-17-28-27(32)30-25-14-9-8-13-24(25)22(16-19-34-33)15-18-31-20-29-26(21(31)2)23-11-6-5-7-12-23/h5-9,11-14,19-20,22H,3-4,10,15-18H2,1-2H3,(H2,28,30,32). The molecule has 0 saturated heterocycles. The minimum Gasteiger partial charge on any atom is -0.338 e. The Morgan fingerprint density at radius 2 is 1.88 bits per heavy atom. The molecule has 2 aromatic carbocycles. The molecule has 0 aliphatic rings.